The van der Waals surface area contributed by atoms with Gasteiger partial charge in [-0.15, -0.1) is 11.3 Å². The minimum absolute atomic E-state index is 0.0694. The zero-order valence-electron chi connectivity index (χ0n) is 25.6. The van der Waals surface area contributed by atoms with Crippen molar-refractivity contribution in [2.45, 2.75) is 43.9 Å². The molecule has 4 aromatic heterocycles. The van der Waals surface area contributed by atoms with Crippen molar-refractivity contribution in [3.05, 3.63) is 88.2 Å². The molecule has 0 spiro atoms. The molecule has 0 unspecified atom stereocenters. The van der Waals surface area contributed by atoms with E-state index in [4.69, 9.17) is 0 Å². The number of aliphatic hydroxyl groups is 1. The van der Waals surface area contributed by atoms with Gasteiger partial charge in [-0.05, 0) is 43.5 Å². The number of likely N-dealkylation sites (tertiary alicyclic amines) is 2. The van der Waals surface area contributed by atoms with Crippen LogP contribution in [0.15, 0.2) is 72.2 Å². The Morgan fingerprint density at radius 2 is 1.87 bits per heavy atom. The van der Waals surface area contributed by atoms with Crippen molar-refractivity contribution in [1.82, 2.24) is 38.7 Å². The summed E-state index contributed by atoms with van der Waals surface area (Å²) in [7, 11) is 3.78. The van der Waals surface area contributed by atoms with Gasteiger partial charge in [-0.3, -0.25) is 23.7 Å². The first kappa shape index (κ1) is 29.6. The highest BCUT2D eigenvalue weighted by molar-refractivity contribution is 7.15. The molecule has 5 aromatic rings. The molecule has 11 nitrogen and oxygen atoms in total. The molecular formula is C33H38N8O3S. The Kier molecular flexibility index (Phi) is 7.88. The van der Waals surface area contributed by atoms with Crippen molar-refractivity contribution in [3.63, 3.8) is 0 Å². The summed E-state index contributed by atoms with van der Waals surface area (Å²) in [4.78, 5) is 41.8. The minimum Gasteiger partial charge on any atom is -0.388 e. The van der Waals surface area contributed by atoms with Gasteiger partial charge in [0.25, 0.3) is 5.56 Å². The zero-order valence-corrected chi connectivity index (χ0v) is 26.4. The highest BCUT2D eigenvalue weighted by Gasteiger charge is 2.41. The molecule has 2 atom stereocenters. The fraction of sp³-hybridized carbons (Fsp3) is 0.424. The molecule has 1 amide bonds. The third-order valence-corrected chi connectivity index (χ3v) is 10.5. The highest BCUT2D eigenvalue weighted by atomic mass is 32.1. The van der Waals surface area contributed by atoms with E-state index in [1.807, 2.05) is 64.9 Å². The number of hydrogen-bond acceptors (Lipinski definition) is 8. The molecule has 0 saturated carbocycles. The van der Waals surface area contributed by atoms with Crippen LogP contribution in [0.1, 0.15) is 35.6 Å². The van der Waals surface area contributed by atoms with Crippen molar-refractivity contribution >= 4 is 28.3 Å². The van der Waals surface area contributed by atoms with E-state index in [1.54, 1.807) is 23.6 Å². The minimum atomic E-state index is -1.07. The molecule has 2 aliphatic rings. The maximum atomic E-state index is 14.1. The van der Waals surface area contributed by atoms with Crippen LogP contribution in [0.3, 0.4) is 0 Å². The molecule has 1 aromatic carbocycles. The summed E-state index contributed by atoms with van der Waals surface area (Å²) < 4.78 is 5.16. The number of benzene rings is 1. The summed E-state index contributed by atoms with van der Waals surface area (Å²) >= 11 is 1.69. The Balaban J connectivity index is 1.02. The molecule has 7 rings (SSSR count). The Labute approximate surface area is 265 Å². The van der Waals surface area contributed by atoms with E-state index in [0.29, 0.717) is 37.0 Å². The number of hydrogen-bond donors (Lipinski definition) is 1. The third kappa shape index (κ3) is 5.85. The summed E-state index contributed by atoms with van der Waals surface area (Å²) in [6, 6.07) is 14.1. The molecule has 1 N–H and O–H groups in total. The molecule has 2 fully saturated rings. The van der Waals surface area contributed by atoms with Crippen LogP contribution in [0.2, 0.25) is 0 Å². The maximum Gasteiger partial charge on any atom is 0.262 e. The van der Waals surface area contributed by atoms with E-state index in [2.05, 4.69) is 32.1 Å². The van der Waals surface area contributed by atoms with Crippen LogP contribution < -0.4 is 5.56 Å². The monoisotopic (exact) mass is 626 g/mol. The number of thiazole rings is 1. The van der Waals surface area contributed by atoms with Crippen LogP contribution >= 0.6 is 11.3 Å². The number of fused-ring (bicyclic) bond motifs is 1. The topological polar surface area (TPSA) is 114 Å². The second kappa shape index (κ2) is 12.0. The zero-order chi connectivity index (χ0) is 31.1. The van der Waals surface area contributed by atoms with E-state index in [-0.39, 0.29) is 29.8 Å². The van der Waals surface area contributed by atoms with E-state index >= 15 is 0 Å². The Bertz CT molecular complexity index is 1870. The molecule has 0 radical (unpaired) electrons. The first-order chi connectivity index (χ1) is 21.8. The van der Waals surface area contributed by atoms with Crippen molar-refractivity contribution in [1.29, 1.82) is 0 Å². The molecule has 12 heteroatoms. The molecule has 45 heavy (non-hydrogen) atoms. The van der Waals surface area contributed by atoms with E-state index < -0.39 is 5.60 Å². The lowest BCUT2D eigenvalue weighted by Gasteiger charge is -2.43. The lowest BCUT2D eigenvalue weighted by atomic mass is 9.79. The van der Waals surface area contributed by atoms with Gasteiger partial charge in [-0.2, -0.15) is 5.10 Å². The second-order valence-electron chi connectivity index (χ2n) is 12.5. The Morgan fingerprint density at radius 1 is 1.07 bits per heavy atom. The number of rotatable bonds is 7. The molecule has 0 aliphatic carbocycles. The van der Waals surface area contributed by atoms with Gasteiger partial charge in [0.15, 0.2) is 0 Å². The van der Waals surface area contributed by atoms with E-state index in [9.17, 15) is 14.7 Å². The fourth-order valence-electron chi connectivity index (χ4n) is 6.95. The van der Waals surface area contributed by atoms with E-state index in [1.165, 1.54) is 21.3 Å². The van der Waals surface area contributed by atoms with Crippen LogP contribution in [0.4, 0.5) is 0 Å². The number of amides is 1. The maximum absolute atomic E-state index is 14.1. The Morgan fingerprint density at radius 3 is 2.62 bits per heavy atom. The van der Waals surface area contributed by atoms with Gasteiger partial charge < -0.3 is 14.6 Å². The van der Waals surface area contributed by atoms with Gasteiger partial charge in [-0.25, -0.2) is 9.97 Å². The van der Waals surface area contributed by atoms with Crippen LogP contribution in [-0.2, 0) is 32.0 Å². The van der Waals surface area contributed by atoms with Crippen molar-refractivity contribution in [3.8, 4) is 10.7 Å². The van der Waals surface area contributed by atoms with Crippen LogP contribution in [0.25, 0.3) is 21.7 Å². The second-order valence-corrected chi connectivity index (χ2v) is 13.6. The van der Waals surface area contributed by atoms with Gasteiger partial charge in [0, 0.05) is 75.6 Å². The summed E-state index contributed by atoms with van der Waals surface area (Å²) in [5.41, 5.74) is 1.58. The third-order valence-electron chi connectivity index (χ3n) is 9.54. The standard InChI is InChI=1S/C33H38N8O3S/c1-37-14-9-26-29(37)35-22-41(32(26)43)21-33(44)11-16-40(17-12-33)31(42)25-10-15-39(20-27(25)23-6-4-3-5-7-23)19-24-18-34-30(45-24)28-8-13-36-38(28)2/h3-9,13-14,18,22,25,27,44H,10-12,15-17,19-21H2,1-2H3/t25-,27+/m1/s1. The average molecular weight is 627 g/mol. The van der Waals surface area contributed by atoms with Crippen molar-refractivity contribution in [2.75, 3.05) is 26.2 Å². The number of piperidine rings is 2. The van der Waals surface area contributed by atoms with Gasteiger partial charge in [0.2, 0.25) is 5.91 Å². The van der Waals surface area contributed by atoms with Crippen molar-refractivity contribution in [2.24, 2.45) is 20.0 Å². The number of nitrogens with zero attached hydrogens (tertiary/aromatic N) is 8. The number of aryl methyl sites for hydroxylation is 2. The predicted octanol–water partition coefficient (Wildman–Crippen LogP) is 3.25. The number of carbonyl (C=O) groups is 1. The van der Waals surface area contributed by atoms with Gasteiger partial charge in [0.05, 0.1) is 23.2 Å². The van der Waals surface area contributed by atoms with Gasteiger partial charge >= 0.3 is 0 Å². The summed E-state index contributed by atoms with van der Waals surface area (Å²) in [6.07, 6.45) is 8.67. The normalized spacial score (nSPS) is 20.6. The smallest absolute Gasteiger partial charge is 0.262 e. The molecular weight excluding hydrogens is 588 g/mol. The molecule has 2 saturated heterocycles. The summed E-state index contributed by atoms with van der Waals surface area (Å²) in [5, 5.41) is 17.2. The molecule has 6 heterocycles. The number of aromatic nitrogens is 6. The first-order valence-electron chi connectivity index (χ1n) is 15.5. The molecule has 0 bridgehead atoms. The summed E-state index contributed by atoms with van der Waals surface area (Å²) in [5.74, 6) is 0.0972. The molecule has 2 aliphatic heterocycles. The lowest BCUT2D eigenvalue weighted by molar-refractivity contribution is -0.142. The van der Waals surface area contributed by atoms with Gasteiger partial charge in [0.1, 0.15) is 17.0 Å². The van der Waals surface area contributed by atoms with Crippen LogP contribution in [-0.4, -0.2) is 81.5 Å². The van der Waals surface area contributed by atoms with Crippen LogP contribution in [0.5, 0.6) is 0 Å². The molecule has 234 valence electrons. The quantitative estimate of drug-likeness (QED) is 0.295. The fourth-order valence-corrected chi connectivity index (χ4v) is 7.96. The number of carbonyl (C=O) groups excluding carboxylic acids is 1. The van der Waals surface area contributed by atoms with Crippen molar-refractivity contribution < 1.29 is 9.90 Å². The highest BCUT2D eigenvalue weighted by Crippen LogP contribution is 2.36. The SMILES string of the molecule is Cn1nccc1-c1ncc(CN2CC[C@@H](C(=O)N3CCC(O)(Cn4cnc5c(ccn5C)c4=O)CC3)[C@H](c3ccccc3)C2)s1. The van der Waals surface area contributed by atoms with Gasteiger partial charge in [-0.1, -0.05) is 30.3 Å². The predicted molar refractivity (Wildman–Crippen MR) is 173 cm³/mol. The first-order valence-corrected chi connectivity index (χ1v) is 16.3. The largest absolute Gasteiger partial charge is 0.388 e. The van der Waals surface area contributed by atoms with E-state index in [0.717, 1.165) is 36.8 Å². The lowest BCUT2D eigenvalue weighted by Crippen LogP contribution is -2.53. The average Bonchev–Trinajstić information content (AvgIpc) is 3.79. The Hall–Kier alpha value is -4.13. The van der Waals surface area contributed by atoms with Crippen LogP contribution in [0, 0.1) is 5.92 Å². The summed E-state index contributed by atoms with van der Waals surface area (Å²) in [6.45, 7) is 3.49.